The Morgan fingerprint density at radius 3 is 2.95 bits per heavy atom. The molecule has 0 saturated carbocycles. The van der Waals surface area contributed by atoms with Crippen LogP contribution in [0, 0.1) is 16.0 Å². The molecule has 1 aliphatic rings. The van der Waals surface area contributed by atoms with Gasteiger partial charge in [0.1, 0.15) is 0 Å². The van der Waals surface area contributed by atoms with Crippen molar-refractivity contribution in [2.45, 2.75) is 25.8 Å². The minimum Gasteiger partial charge on any atom is -0.392 e. The molecule has 104 valence electrons. The number of piperidine rings is 1. The maximum atomic E-state index is 10.8. The lowest BCUT2D eigenvalue weighted by Crippen LogP contribution is -2.42. The number of likely N-dealkylation sites (tertiary alicyclic amines) is 1. The Hall–Kier alpha value is -1.05. The molecule has 0 aromatic carbocycles. The molecule has 0 aliphatic carbocycles. The highest BCUT2D eigenvalue weighted by Gasteiger charge is 2.29. The van der Waals surface area contributed by atoms with Gasteiger partial charge in [0.25, 0.3) is 0 Å². The summed E-state index contributed by atoms with van der Waals surface area (Å²) in [6, 6.07) is 3.13. The molecular formula is C12H17N3O2S2. The zero-order chi connectivity index (χ0) is 14.0. The maximum absolute atomic E-state index is 10.8. The minimum atomic E-state index is -0.371. The van der Waals surface area contributed by atoms with Gasteiger partial charge in [0.15, 0.2) is 0 Å². The van der Waals surface area contributed by atoms with E-state index in [1.165, 1.54) is 12.5 Å². The van der Waals surface area contributed by atoms with Gasteiger partial charge in [0.05, 0.1) is 16.0 Å². The van der Waals surface area contributed by atoms with Crippen LogP contribution in [0.4, 0.5) is 5.00 Å². The van der Waals surface area contributed by atoms with Crippen molar-refractivity contribution in [1.82, 2.24) is 4.90 Å². The standard InChI is InChI=1S/C12H17N3O2S2/c1-8-3-2-6-14(7-8)11(12(13)18)9-4-5-10(19-9)15(16)17/h4-5,8,11H,2-3,6-7H2,1H3,(H2,13,18). The fraction of sp³-hybridized carbons (Fsp3) is 0.583. The molecule has 0 spiro atoms. The zero-order valence-corrected chi connectivity index (χ0v) is 12.4. The number of nitrogens with two attached hydrogens (primary N) is 1. The van der Waals surface area contributed by atoms with E-state index in [1.54, 1.807) is 6.07 Å². The van der Waals surface area contributed by atoms with Crippen LogP contribution in [0.2, 0.25) is 0 Å². The van der Waals surface area contributed by atoms with E-state index >= 15 is 0 Å². The van der Waals surface area contributed by atoms with Crippen molar-refractivity contribution in [3.8, 4) is 0 Å². The predicted octanol–water partition coefficient (Wildman–Crippen LogP) is 2.72. The van der Waals surface area contributed by atoms with Crippen LogP contribution in [0.5, 0.6) is 0 Å². The van der Waals surface area contributed by atoms with Crippen LogP contribution in [0.15, 0.2) is 12.1 Å². The molecule has 1 saturated heterocycles. The van der Waals surface area contributed by atoms with Gasteiger partial charge < -0.3 is 5.73 Å². The van der Waals surface area contributed by atoms with Crippen LogP contribution >= 0.6 is 23.6 Å². The molecular weight excluding hydrogens is 282 g/mol. The van der Waals surface area contributed by atoms with Crippen molar-refractivity contribution >= 4 is 33.5 Å². The predicted molar refractivity (Wildman–Crippen MR) is 80.5 cm³/mol. The lowest BCUT2D eigenvalue weighted by molar-refractivity contribution is -0.380. The molecule has 1 fully saturated rings. The first kappa shape index (κ1) is 14.4. The number of thiophene rings is 1. The number of nitro groups is 1. The summed E-state index contributed by atoms with van der Waals surface area (Å²) in [6.45, 7) is 4.09. The monoisotopic (exact) mass is 299 g/mol. The third-order valence-electron chi connectivity index (χ3n) is 3.39. The highest BCUT2D eigenvalue weighted by atomic mass is 32.1. The van der Waals surface area contributed by atoms with Gasteiger partial charge in [-0.1, -0.05) is 30.5 Å². The molecule has 0 bridgehead atoms. The van der Waals surface area contributed by atoms with Gasteiger partial charge in [-0.2, -0.15) is 0 Å². The van der Waals surface area contributed by atoms with Crippen molar-refractivity contribution in [3.05, 3.63) is 27.1 Å². The first-order valence-corrected chi connectivity index (χ1v) is 7.49. The number of hydrogen-bond donors (Lipinski definition) is 1. The summed E-state index contributed by atoms with van der Waals surface area (Å²) in [5.41, 5.74) is 5.86. The van der Waals surface area contributed by atoms with Gasteiger partial charge in [-0.05, 0) is 31.4 Å². The van der Waals surface area contributed by atoms with Crippen molar-refractivity contribution < 1.29 is 4.92 Å². The summed E-state index contributed by atoms with van der Waals surface area (Å²) in [4.78, 5) is 13.9. The lowest BCUT2D eigenvalue weighted by Gasteiger charge is -2.36. The Morgan fingerprint density at radius 1 is 1.68 bits per heavy atom. The van der Waals surface area contributed by atoms with E-state index in [1.807, 2.05) is 0 Å². The lowest BCUT2D eigenvalue weighted by atomic mass is 9.98. The van der Waals surface area contributed by atoms with Crippen LogP contribution in [-0.2, 0) is 0 Å². The van der Waals surface area contributed by atoms with Crippen LogP contribution in [0.1, 0.15) is 30.7 Å². The second kappa shape index (κ2) is 5.94. The highest BCUT2D eigenvalue weighted by molar-refractivity contribution is 7.80. The van der Waals surface area contributed by atoms with Crippen LogP contribution < -0.4 is 5.73 Å². The molecule has 19 heavy (non-hydrogen) atoms. The summed E-state index contributed by atoms with van der Waals surface area (Å²) in [5, 5.41) is 10.9. The molecule has 2 unspecified atom stereocenters. The van der Waals surface area contributed by atoms with Crippen molar-refractivity contribution in [2.75, 3.05) is 13.1 Å². The summed E-state index contributed by atoms with van der Waals surface area (Å²) < 4.78 is 0. The number of hydrogen-bond acceptors (Lipinski definition) is 5. The second-order valence-electron chi connectivity index (χ2n) is 4.98. The van der Waals surface area contributed by atoms with Gasteiger partial charge in [0, 0.05) is 17.5 Å². The largest absolute Gasteiger partial charge is 0.392 e. The summed E-state index contributed by atoms with van der Waals surface area (Å²) in [5.74, 6) is 0.612. The summed E-state index contributed by atoms with van der Waals surface area (Å²) in [6.07, 6.45) is 2.33. The van der Waals surface area contributed by atoms with Crippen LogP contribution in [-0.4, -0.2) is 27.9 Å². The smallest absolute Gasteiger partial charge is 0.324 e. The van der Waals surface area contributed by atoms with Crippen molar-refractivity contribution in [2.24, 2.45) is 11.7 Å². The Kier molecular flexibility index (Phi) is 4.49. The van der Waals surface area contributed by atoms with Gasteiger partial charge in [0.2, 0.25) is 0 Å². The van der Waals surface area contributed by atoms with Crippen molar-refractivity contribution in [3.63, 3.8) is 0 Å². The minimum absolute atomic E-state index is 0.140. The molecule has 2 heterocycles. The Bertz CT molecular complexity index is 489. The number of rotatable bonds is 4. The highest BCUT2D eigenvalue weighted by Crippen LogP contribution is 2.34. The SMILES string of the molecule is CC1CCCN(C(C(N)=S)c2ccc([N+](=O)[O-])s2)C1. The van der Waals surface area contributed by atoms with E-state index in [0.29, 0.717) is 10.9 Å². The fourth-order valence-electron chi connectivity index (χ4n) is 2.55. The third kappa shape index (κ3) is 3.29. The summed E-state index contributed by atoms with van der Waals surface area (Å²) >= 11 is 6.33. The Labute approximate surface area is 121 Å². The normalized spacial score (nSPS) is 22.1. The number of nitrogens with zero attached hydrogens (tertiary/aromatic N) is 2. The second-order valence-corrected chi connectivity index (χ2v) is 6.55. The van der Waals surface area contributed by atoms with E-state index in [0.717, 1.165) is 35.7 Å². The third-order valence-corrected chi connectivity index (χ3v) is 4.70. The van der Waals surface area contributed by atoms with E-state index in [2.05, 4.69) is 11.8 Å². The molecule has 2 N–H and O–H groups in total. The van der Waals surface area contributed by atoms with E-state index in [-0.39, 0.29) is 16.0 Å². The quantitative estimate of drug-likeness (QED) is 0.526. The van der Waals surface area contributed by atoms with Crippen LogP contribution in [0.3, 0.4) is 0 Å². The molecule has 1 aliphatic heterocycles. The van der Waals surface area contributed by atoms with E-state index in [4.69, 9.17) is 18.0 Å². The topological polar surface area (TPSA) is 72.4 Å². The molecule has 1 aromatic rings. The fourth-order valence-corrected chi connectivity index (χ4v) is 3.87. The average molecular weight is 299 g/mol. The van der Waals surface area contributed by atoms with E-state index in [9.17, 15) is 10.1 Å². The first-order chi connectivity index (χ1) is 8.99. The van der Waals surface area contributed by atoms with Gasteiger partial charge in [-0.15, -0.1) is 0 Å². The van der Waals surface area contributed by atoms with Gasteiger partial charge in [-0.25, -0.2) is 0 Å². The molecule has 7 heteroatoms. The van der Waals surface area contributed by atoms with Crippen molar-refractivity contribution in [1.29, 1.82) is 0 Å². The molecule has 2 atom stereocenters. The summed E-state index contributed by atoms with van der Waals surface area (Å²) in [7, 11) is 0. The Balaban J connectivity index is 2.23. The van der Waals surface area contributed by atoms with Crippen LogP contribution in [0.25, 0.3) is 0 Å². The average Bonchev–Trinajstić information content (AvgIpc) is 2.78. The molecule has 0 radical (unpaired) electrons. The molecule has 0 amide bonds. The zero-order valence-electron chi connectivity index (χ0n) is 10.7. The molecule has 2 rings (SSSR count). The van der Waals surface area contributed by atoms with E-state index < -0.39 is 0 Å². The number of thiocarbonyl (C=S) groups is 1. The van der Waals surface area contributed by atoms with Gasteiger partial charge >= 0.3 is 5.00 Å². The maximum Gasteiger partial charge on any atom is 0.324 e. The first-order valence-electron chi connectivity index (χ1n) is 6.26. The Morgan fingerprint density at radius 2 is 2.42 bits per heavy atom. The molecule has 5 nitrogen and oxygen atoms in total. The molecule has 1 aromatic heterocycles. The van der Waals surface area contributed by atoms with Gasteiger partial charge in [-0.3, -0.25) is 15.0 Å².